The Morgan fingerprint density at radius 1 is 1.26 bits per heavy atom. The van der Waals surface area contributed by atoms with Crippen LogP contribution >= 0.6 is 11.8 Å². The molecule has 104 valence electrons. The maximum absolute atomic E-state index is 11.4. The number of hydrogen-bond donors (Lipinski definition) is 2. The Morgan fingerprint density at radius 2 is 2.00 bits per heavy atom. The normalized spacial score (nSPS) is 10.1. The predicted octanol–water partition coefficient (Wildman–Crippen LogP) is 1.39. The van der Waals surface area contributed by atoms with E-state index in [1.54, 1.807) is 11.8 Å². The minimum absolute atomic E-state index is 0.0534. The van der Waals surface area contributed by atoms with Crippen LogP contribution < -0.4 is 5.32 Å². The summed E-state index contributed by atoms with van der Waals surface area (Å²) in [5.74, 6) is -0.348. The third-order valence-electron chi connectivity index (χ3n) is 2.14. The SMILES string of the molecule is O=C(O)COCCNC(=O)CCSc1ccccc1. The molecule has 6 heteroatoms. The van der Waals surface area contributed by atoms with E-state index in [1.807, 2.05) is 30.3 Å². The molecule has 0 aromatic heterocycles. The van der Waals surface area contributed by atoms with Gasteiger partial charge in [-0.15, -0.1) is 11.8 Å². The van der Waals surface area contributed by atoms with Crippen LogP contribution in [0.3, 0.4) is 0 Å². The van der Waals surface area contributed by atoms with Crippen molar-refractivity contribution in [3.63, 3.8) is 0 Å². The smallest absolute Gasteiger partial charge is 0.329 e. The first-order valence-electron chi connectivity index (χ1n) is 5.92. The molecule has 0 spiro atoms. The number of hydrogen-bond acceptors (Lipinski definition) is 4. The van der Waals surface area contributed by atoms with Gasteiger partial charge in [0, 0.05) is 23.6 Å². The zero-order valence-corrected chi connectivity index (χ0v) is 11.3. The summed E-state index contributed by atoms with van der Waals surface area (Å²) in [6, 6.07) is 9.88. The monoisotopic (exact) mass is 283 g/mol. The van der Waals surface area contributed by atoms with Gasteiger partial charge in [-0.1, -0.05) is 18.2 Å². The van der Waals surface area contributed by atoms with E-state index in [0.717, 1.165) is 4.90 Å². The number of amides is 1. The number of carboxylic acids is 1. The molecule has 1 aromatic rings. The van der Waals surface area contributed by atoms with E-state index >= 15 is 0 Å². The highest BCUT2D eigenvalue weighted by Crippen LogP contribution is 2.17. The second-order valence-electron chi connectivity index (χ2n) is 3.71. The second-order valence-corrected chi connectivity index (χ2v) is 4.88. The highest BCUT2D eigenvalue weighted by molar-refractivity contribution is 7.99. The Morgan fingerprint density at radius 3 is 2.68 bits per heavy atom. The zero-order chi connectivity index (χ0) is 13.9. The molecule has 0 bridgehead atoms. The van der Waals surface area contributed by atoms with Crippen molar-refractivity contribution in [1.82, 2.24) is 5.32 Å². The van der Waals surface area contributed by atoms with Crippen LogP contribution in [0.1, 0.15) is 6.42 Å². The van der Waals surface area contributed by atoms with Gasteiger partial charge >= 0.3 is 5.97 Å². The van der Waals surface area contributed by atoms with Gasteiger partial charge in [0.2, 0.25) is 5.91 Å². The van der Waals surface area contributed by atoms with E-state index < -0.39 is 5.97 Å². The Balaban J connectivity index is 2.01. The van der Waals surface area contributed by atoms with Gasteiger partial charge in [-0.25, -0.2) is 4.79 Å². The predicted molar refractivity (Wildman–Crippen MR) is 73.2 cm³/mol. The first-order valence-corrected chi connectivity index (χ1v) is 6.91. The number of carboxylic acid groups (broad SMARTS) is 1. The van der Waals surface area contributed by atoms with Crippen LogP contribution in [0.25, 0.3) is 0 Å². The fourth-order valence-corrected chi connectivity index (χ4v) is 2.16. The van der Waals surface area contributed by atoms with E-state index in [-0.39, 0.29) is 19.1 Å². The molecule has 0 saturated carbocycles. The van der Waals surface area contributed by atoms with Gasteiger partial charge in [0.05, 0.1) is 6.61 Å². The molecule has 2 N–H and O–H groups in total. The molecule has 0 aliphatic heterocycles. The molecule has 0 atom stereocenters. The van der Waals surface area contributed by atoms with Crippen molar-refractivity contribution < 1.29 is 19.4 Å². The van der Waals surface area contributed by atoms with Crippen LogP contribution in [0, 0.1) is 0 Å². The lowest BCUT2D eigenvalue weighted by Crippen LogP contribution is -2.28. The summed E-state index contributed by atoms with van der Waals surface area (Å²) in [5, 5.41) is 11.0. The maximum Gasteiger partial charge on any atom is 0.329 e. The number of carbonyl (C=O) groups is 2. The van der Waals surface area contributed by atoms with Gasteiger partial charge in [-0.3, -0.25) is 4.79 Å². The van der Waals surface area contributed by atoms with Crippen LogP contribution in [-0.2, 0) is 14.3 Å². The molecule has 0 radical (unpaired) electrons. The lowest BCUT2D eigenvalue weighted by Gasteiger charge is -2.05. The van der Waals surface area contributed by atoms with E-state index in [9.17, 15) is 9.59 Å². The molecular weight excluding hydrogens is 266 g/mol. The van der Waals surface area contributed by atoms with Crippen molar-refractivity contribution in [2.45, 2.75) is 11.3 Å². The largest absolute Gasteiger partial charge is 0.480 e. The van der Waals surface area contributed by atoms with Crippen molar-refractivity contribution in [3.05, 3.63) is 30.3 Å². The zero-order valence-electron chi connectivity index (χ0n) is 10.5. The molecule has 0 aliphatic rings. The minimum Gasteiger partial charge on any atom is -0.480 e. The van der Waals surface area contributed by atoms with Crippen LogP contribution in [0.15, 0.2) is 35.2 Å². The van der Waals surface area contributed by atoms with Crippen molar-refractivity contribution in [2.75, 3.05) is 25.5 Å². The Hall–Kier alpha value is -1.53. The van der Waals surface area contributed by atoms with E-state index in [4.69, 9.17) is 9.84 Å². The summed E-state index contributed by atoms with van der Waals surface area (Å²) >= 11 is 1.63. The van der Waals surface area contributed by atoms with Gasteiger partial charge < -0.3 is 15.2 Å². The topological polar surface area (TPSA) is 75.6 Å². The first-order chi connectivity index (χ1) is 9.18. The minimum atomic E-state index is -1.01. The van der Waals surface area contributed by atoms with Crippen molar-refractivity contribution in [3.8, 4) is 0 Å². The molecule has 5 nitrogen and oxygen atoms in total. The molecule has 1 amide bonds. The average Bonchev–Trinajstić information content (AvgIpc) is 2.39. The van der Waals surface area contributed by atoms with Gasteiger partial charge in [-0.05, 0) is 12.1 Å². The van der Waals surface area contributed by atoms with Crippen molar-refractivity contribution in [1.29, 1.82) is 0 Å². The summed E-state index contributed by atoms with van der Waals surface area (Å²) in [5.41, 5.74) is 0. The molecular formula is C13H17NO4S. The third-order valence-corrected chi connectivity index (χ3v) is 3.15. The maximum atomic E-state index is 11.4. The molecule has 0 fully saturated rings. The van der Waals surface area contributed by atoms with E-state index in [2.05, 4.69) is 5.32 Å². The van der Waals surface area contributed by atoms with Gasteiger partial charge in [0.1, 0.15) is 6.61 Å². The molecule has 0 saturated heterocycles. The number of aliphatic carboxylic acids is 1. The summed E-state index contributed by atoms with van der Waals surface area (Å²) < 4.78 is 4.80. The van der Waals surface area contributed by atoms with Gasteiger partial charge in [0.25, 0.3) is 0 Å². The summed E-state index contributed by atoms with van der Waals surface area (Å²) in [6.45, 7) is 0.214. The van der Waals surface area contributed by atoms with Crippen molar-refractivity contribution >= 4 is 23.6 Å². The van der Waals surface area contributed by atoms with Crippen molar-refractivity contribution in [2.24, 2.45) is 0 Å². The molecule has 19 heavy (non-hydrogen) atoms. The second kappa shape index (κ2) is 9.41. The Kier molecular flexibility index (Phi) is 7.69. The number of ether oxygens (including phenoxy) is 1. The fraction of sp³-hybridized carbons (Fsp3) is 0.385. The van der Waals surface area contributed by atoms with Gasteiger partial charge in [0.15, 0.2) is 0 Å². The summed E-state index contributed by atoms with van der Waals surface area (Å²) in [7, 11) is 0. The summed E-state index contributed by atoms with van der Waals surface area (Å²) in [6.07, 6.45) is 0.429. The quantitative estimate of drug-likeness (QED) is 0.529. The fourth-order valence-electron chi connectivity index (χ4n) is 1.29. The molecule has 1 rings (SSSR count). The van der Waals surface area contributed by atoms with E-state index in [1.165, 1.54) is 0 Å². The van der Waals surface area contributed by atoms with Gasteiger partial charge in [-0.2, -0.15) is 0 Å². The number of rotatable bonds is 9. The number of carbonyl (C=O) groups excluding carboxylic acids is 1. The number of thioether (sulfide) groups is 1. The Bertz CT molecular complexity index is 397. The van der Waals surface area contributed by atoms with Crippen LogP contribution in [0.2, 0.25) is 0 Å². The molecule has 0 aliphatic carbocycles. The summed E-state index contributed by atoms with van der Waals surface area (Å²) in [4.78, 5) is 22.7. The average molecular weight is 283 g/mol. The third kappa shape index (κ3) is 8.23. The lowest BCUT2D eigenvalue weighted by molar-refractivity contribution is -0.142. The first kappa shape index (κ1) is 15.5. The highest BCUT2D eigenvalue weighted by Gasteiger charge is 2.02. The van der Waals surface area contributed by atoms with Crippen LogP contribution in [-0.4, -0.2) is 42.5 Å². The molecule has 1 aromatic carbocycles. The number of nitrogens with one attached hydrogen (secondary N) is 1. The molecule has 0 heterocycles. The van der Waals surface area contributed by atoms with E-state index in [0.29, 0.717) is 18.7 Å². The lowest BCUT2D eigenvalue weighted by atomic mass is 10.4. The molecule has 0 unspecified atom stereocenters. The highest BCUT2D eigenvalue weighted by atomic mass is 32.2. The Labute approximate surface area is 116 Å². The standard InChI is InChI=1S/C13H17NO4S/c15-12(14-7-8-18-10-13(16)17)6-9-19-11-4-2-1-3-5-11/h1-5H,6-10H2,(H,14,15)(H,16,17). The number of benzene rings is 1. The van der Waals surface area contributed by atoms with Crippen LogP contribution in [0.5, 0.6) is 0 Å². The van der Waals surface area contributed by atoms with Crippen LogP contribution in [0.4, 0.5) is 0 Å².